The van der Waals surface area contributed by atoms with Crippen molar-refractivity contribution >= 4 is 17.3 Å². The lowest BCUT2D eigenvalue weighted by molar-refractivity contribution is -0.138. The summed E-state index contributed by atoms with van der Waals surface area (Å²) in [7, 11) is 0. The van der Waals surface area contributed by atoms with E-state index in [1.807, 2.05) is 6.07 Å². The number of hydrogen-bond acceptors (Lipinski definition) is 3. The monoisotopic (exact) mass is 330 g/mol. The molecule has 3 N–H and O–H groups in total. The molecule has 2 aliphatic rings. The van der Waals surface area contributed by atoms with Crippen LogP contribution in [0.4, 0.5) is 11.4 Å². The molecule has 4 heteroatoms. The molecule has 2 saturated carbocycles. The summed E-state index contributed by atoms with van der Waals surface area (Å²) in [6.45, 7) is 5.53. The molecule has 0 amide bonds. The summed E-state index contributed by atoms with van der Waals surface area (Å²) < 4.78 is 0. The van der Waals surface area contributed by atoms with Crippen LogP contribution in [0.1, 0.15) is 63.9 Å². The van der Waals surface area contributed by atoms with Crippen LogP contribution in [0.2, 0.25) is 0 Å². The summed E-state index contributed by atoms with van der Waals surface area (Å²) in [6, 6.07) is 6.81. The Balaban J connectivity index is 1.81. The number of benzene rings is 1. The number of hydrogen-bond donors (Lipinski definition) is 2. The Kier molecular flexibility index (Phi) is 5.02. The Hall–Kier alpha value is -1.71. The van der Waals surface area contributed by atoms with Gasteiger partial charge in [0.2, 0.25) is 0 Å². The predicted molar refractivity (Wildman–Crippen MR) is 98.4 cm³/mol. The van der Waals surface area contributed by atoms with Gasteiger partial charge >= 0.3 is 5.97 Å². The van der Waals surface area contributed by atoms with Gasteiger partial charge in [0.05, 0.1) is 17.3 Å². The van der Waals surface area contributed by atoms with Gasteiger partial charge in [-0.15, -0.1) is 0 Å². The van der Waals surface area contributed by atoms with E-state index in [0.717, 1.165) is 29.9 Å². The molecule has 0 bridgehead atoms. The first-order chi connectivity index (χ1) is 11.5. The molecular weight excluding hydrogens is 300 g/mol. The first kappa shape index (κ1) is 17.1. The van der Waals surface area contributed by atoms with Gasteiger partial charge in [0, 0.05) is 12.6 Å². The molecular formula is C20H30N2O2. The Labute approximate surface area is 145 Å². The van der Waals surface area contributed by atoms with E-state index in [-0.39, 0.29) is 11.8 Å². The van der Waals surface area contributed by atoms with Crippen LogP contribution in [-0.4, -0.2) is 23.7 Å². The van der Waals surface area contributed by atoms with E-state index < -0.39 is 5.97 Å². The number of carbonyl (C=O) groups is 1. The van der Waals surface area contributed by atoms with Gasteiger partial charge < -0.3 is 15.7 Å². The molecule has 0 aliphatic heterocycles. The number of anilines is 2. The lowest BCUT2D eigenvalue weighted by Crippen LogP contribution is -2.39. The average Bonchev–Trinajstić information content (AvgIpc) is 3.34. The van der Waals surface area contributed by atoms with Gasteiger partial charge in [-0.25, -0.2) is 0 Å². The molecule has 1 aromatic carbocycles. The number of rotatable bonds is 6. The van der Waals surface area contributed by atoms with Gasteiger partial charge in [0.15, 0.2) is 0 Å². The predicted octanol–water partition coefficient (Wildman–Crippen LogP) is 4.25. The highest BCUT2D eigenvalue weighted by molar-refractivity contribution is 5.76. The topological polar surface area (TPSA) is 66.6 Å². The van der Waals surface area contributed by atoms with Crippen molar-refractivity contribution < 1.29 is 9.90 Å². The van der Waals surface area contributed by atoms with Gasteiger partial charge in [-0.1, -0.05) is 39.2 Å². The van der Waals surface area contributed by atoms with Crippen LogP contribution in [0, 0.1) is 11.8 Å². The second kappa shape index (κ2) is 7.04. The van der Waals surface area contributed by atoms with E-state index in [2.05, 4.69) is 30.9 Å². The molecule has 1 aromatic rings. The zero-order valence-electron chi connectivity index (χ0n) is 14.9. The summed E-state index contributed by atoms with van der Waals surface area (Å²) in [5.41, 5.74) is 9.42. The number of nitrogens with zero attached hydrogens (tertiary/aromatic N) is 1. The van der Waals surface area contributed by atoms with Crippen molar-refractivity contribution in [2.45, 2.75) is 64.3 Å². The molecule has 0 radical (unpaired) electrons. The van der Waals surface area contributed by atoms with Gasteiger partial charge in [-0.3, -0.25) is 4.79 Å². The maximum Gasteiger partial charge on any atom is 0.307 e. The standard InChI is InChI=1S/C20H30N2O2/c1-13(2)12-22(15-6-4-3-5-7-15)19-9-8-14(10-18(19)21)16-11-17(16)20(23)24/h8-10,13,15-17H,3-7,11-12,21H2,1-2H3,(H,23,24)/t16-,17-/m0/s1. The van der Waals surface area contributed by atoms with Crippen molar-refractivity contribution in [2.75, 3.05) is 17.2 Å². The van der Waals surface area contributed by atoms with E-state index in [9.17, 15) is 4.79 Å². The highest BCUT2D eigenvalue weighted by atomic mass is 16.4. The van der Waals surface area contributed by atoms with Crippen LogP contribution in [0.5, 0.6) is 0 Å². The summed E-state index contributed by atoms with van der Waals surface area (Å²) in [5, 5.41) is 9.13. The molecule has 0 saturated heterocycles. The lowest BCUT2D eigenvalue weighted by Gasteiger charge is -2.38. The number of carboxylic acids is 1. The van der Waals surface area contributed by atoms with Gasteiger partial charge in [-0.05, 0) is 48.8 Å². The molecule has 0 heterocycles. The fraction of sp³-hybridized carbons (Fsp3) is 0.650. The Bertz CT molecular complexity index is 593. The number of carboxylic acid groups (broad SMARTS) is 1. The van der Waals surface area contributed by atoms with Crippen LogP contribution in [0.15, 0.2) is 18.2 Å². The third kappa shape index (κ3) is 3.68. The van der Waals surface area contributed by atoms with Crippen molar-refractivity contribution in [3.63, 3.8) is 0 Å². The molecule has 132 valence electrons. The molecule has 3 rings (SSSR count). The van der Waals surface area contributed by atoms with Crippen LogP contribution in [-0.2, 0) is 4.79 Å². The first-order valence-electron chi connectivity index (χ1n) is 9.36. The third-order valence-electron chi connectivity index (χ3n) is 5.47. The summed E-state index contributed by atoms with van der Waals surface area (Å²) >= 11 is 0. The zero-order valence-corrected chi connectivity index (χ0v) is 14.9. The molecule has 0 aromatic heterocycles. The number of nitrogens with two attached hydrogens (primary N) is 1. The third-order valence-corrected chi connectivity index (χ3v) is 5.47. The quantitative estimate of drug-likeness (QED) is 0.765. The van der Waals surface area contributed by atoms with Gasteiger partial charge in [0.1, 0.15) is 0 Å². The average molecular weight is 330 g/mol. The van der Waals surface area contributed by atoms with Crippen LogP contribution >= 0.6 is 0 Å². The van der Waals surface area contributed by atoms with E-state index in [1.54, 1.807) is 0 Å². The van der Waals surface area contributed by atoms with E-state index in [0.29, 0.717) is 12.0 Å². The molecule has 4 nitrogen and oxygen atoms in total. The normalized spacial score (nSPS) is 24.1. The largest absolute Gasteiger partial charge is 0.481 e. The minimum atomic E-state index is -0.689. The van der Waals surface area contributed by atoms with E-state index in [4.69, 9.17) is 10.8 Å². The maximum absolute atomic E-state index is 11.1. The highest BCUT2D eigenvalue weighted by Gasteiger charge is 2.44. The summed E-state index contributed by atoms with van der Waals surface area (Å²) in [5.74, 6) is -0.176. The zero-order chi connectivity index (χ0) is 17.3. The smallest absolute Gasteiger partial charge is 0.307 e. The fourth-order valence-corrected chi connectivity index (χ4v) is 4.13. The maximum atomic E-state index is 11.1. The second-order valence-corrected chi connectivity index (χ2v) is 7.94. The number of nitrogen functional groups attached to an aromatic ring is 1. The van der Waals surface area contributed by atoms with Crippen molar-refractivity contribution in [1.29, 1.82) is 0 Å². The van der Waals surface area contributed by atoms with Gasteiger partial charge in [0.25, 0.3) is 0 Å². The first-order valence-corrected chi connectivity index (χ1v) is 9.36. The van der Waals surface area contributed by atoms with Crippen molar-refractivity contribution in [1.82, 2.24) is 0 Å². The SMILES string of the molecule is CC(C)CN(c1ccc([C@@H]2C[C@@H]2C(=O)O)cc1N)C1CCCCC1. The molecule has 2 aliphatic carbocycles. The minimum Gasteiger partial charge on any atom is -0.481 e. The van der Waals surface area contributed by atoms with Crippen LogP contribution in [0.25, 0.3) is 0 Å². The fourth-order valence-electron chi connectivity index (χ4n) is 4.13. The Morgan fingerprint density at radius 1 is 1.29 bits per heavy atom. The molecule has 2 atom stereocenters. The van der Waals surface area contributed by atoms with Crippen LogP contribution < -0.4 is 10.6 Å². The Morgan fingerprint density at radius 2 is 2.00 bits per heavy atom. The van der Waals surface area contributed by atoms with Gasteiger partial charge in [-0.2, -0.15) is 0 Å². The molecule has 0 unspecified atom stereocenters. The van der Waals surface area contributed by atoms with Crippen molar-refractivity contribution in [3.05, 3.63) is 23.8 Å². The van der Waals surface area contributed by atoms with Crippen molar-refractivity contribution in [3.8, 4) is 0 Å². The van der Waals surface area contributed by atoms with Crippen LogP contribution in [0.3, 0.4) is 0 Å². The van der Waals surface area contributed by atoms with Crippen molar-refractivity contribution in [2.24, 2.45) is 11.8 Å². The second-order valence-electron chi connectivity index (χ2n) is 7.94. The van der Waals surface area contributed by atoms with E-state index >= 15 is 0 Å². The Morgan fingerprint density at radius 3 is 2.54 bits per heavy atom. The summed E-state index contributed by atoms with van der Waals surface area (Å²) in [4.78, 5) is 13.6. The molecule has 0 spiro atoms. The minimum absolute atomic E-state index is 0.145. The molecule has 24 heavy (non-hydrogen) atoms. The molecule has 2 fully saturated rings. The highest BCUT2D eigenvalue weighted by Crippen LogP contribution is 2.48. The van der Waals surface area contributed by atoms with E-state index in [1.165, 1.54) is 32.1 Å². The summed E-state index contributed by atoms with van der Waals surface area (Å²) in [6.07, 6.45) is 7.19. The number of aliphatic carboxylic acids is 1. The lowest BCUT2D eigenvalue weighted by atomic mass is 9.92.